The fourth-order valence-corrected chi connectivity index (χ4v) is 3.76. The number of aryl methyl sites for hydroxylation is 1. The number of ether oxygens (including phenoxy) is 1. The molecule has 0 aliphatic rings. The zero-order chi connectivity index (χ0) is 21.7. The van der Waals surface area contributed by atoms with Gasteiger partial charge in [0.1, 0.15) is 0 Å². The highest BCUT2D eigenvalue weighted by Gasteiger charge is 2.64. The van der Waals surface area contributed by atoms with Crippen molar-refractivity contribution in [1.29, 1.82) is 0 Å². The quantitative estimate of drug-likeness (QED) is 0.497. The van der Waals surface area contributed by atoms with E-state index in [-0.39, 0.29) is 6.61 Å². The Morgan fingerprint density at radius 2 is 1.62 bits per heavy atom. The predicted molar refractivity (Wildman–Crippen MR) is 100 cm³/mol. The van der Waals surface area contributed by atoms with Gasteiger partial charge in [-0.05, 0) is 31.5 Å². The van der Waals surface area contributed by atoms with Gasteiger partial charge < -0.3 is 4.74 Å². The second kappa shape index (κ2) is 8.93. The molecule has 0 spiro atoms. The molecule has 2 aromatic rings. The maximum atomic E-state index is 14.1. The van der Waals surface area contributed by atoms with Gasteiger partial charge in [-0.25, -0.2) is 13.2 Å². The number of rotatable bonds is 8. The van der Waals surface area contributed by atoms with Gasteiger partial charge in [0, 0.05) is 6.54 Å². The Hall–Kier alpha value is -2.43. The minimum Gasteiger partial charge on any atom is -0.463 e. The summed E-state index contributed by atoms with van der Waals surface area (Å²) in [6, 6.07) is 13.1. The lowest BCUT2D eigenvalue weighted by Gasteiger charge is -2.34. The van der Waals surface area contributed by atoms with Gasteiger partial charge in [-0.1, -0.05) is 48.0 Å². The maximum absolute atomic E-state index is 14.1. The zero-order valence-electron chi connectivity index (χ0n) is 15.8. The highest BCUT2D eigenvalue weighted by atomic mass is 32.2. The van der Waals surface area contributed by atoms with Crippen LogP contribution in [0.5, 0.6) is 0 Å². The summed E-state index contributed by atoms with van der Waals surface area (Å²) in [4.78, 5) is 12.0. The third-order valence-electron chi connectivity index (χ3n) is 4.03. The number of hydrogen-bond acceptors (Lipinski definition) is 5. The van der Waals surface area contributed by atoms with Crippen molar-refractivity contribution in [2.45, 2.75) is 37.1 Å². The van der Waals surface area contributed by atoms with Gasteiger partial charge in [0.15, 0.2) is 0 Å². The normalized spacial score (nSPS) is 14.2. The van der Waals surface area contributed by atoms with Crippen LogP contribution in [0.3, 0.4) is 0 Å². The van der Waals surface area contributed by atoms with Crippen molar-refractivity contribution in [3.63, 3.8) is 0 Å². The van der Waals surface area contributed by atoms with Gasteiger partial charge in [-0.2, -0.15) is 17.9 Å². The van der Waals surface area contributed by atoms with Crippen LogP contribution >= 0.6 is 0 Å². The van der Waals surface area contributed by atoms with Crippen LogP contribution < -0.4 is 10.0 Å². The number of carbonyl (C=O) groups is 1. The molecular weight excluding hydrogens is 409 g/mol. The number of benzene rings is 2. The van der Waals surface area contributed by atoms with E-state index in [4.69, 9.17) is 0 Å². The summed E-state index contributed by atoms with van der Waals surface area (Å²) < 4.78 is 73.6. The topological polar surface area (TPSA) is 84.5 Å². The fourth-order valence-electron chi connectivity index (χ4n) is 2.47. The molecular formula is C19H21F3N2O4S. The van der Waals surface area contributed by atoms with Crippen molar-refractivity contribution in [2.75, 3.05) is 6.61 Å². The van der Waals surface area contributed by atoms with Gasteiger partial charge in [0.05, 0.1) is 11.5 Å². The third kappa shape index (κ3) is 5.34. The Balaban J connectivity index is 2.48. The first-order valence-corrected chi connectivity index (χ1v) is 10.1. The van der Waals surface area contributed by atoms with E-state index in [0.29, 0.717) is 5.56 Å². The second-order valence-corrected chi connectivity index (χ2v) is 7.91. The number of hydrogen-bond donors (Lipinski definition) is 2. The van der Waals surface area contributed by atoms with Crippen molar-refractivity contribution in [3.05, 3.63) is 65.7 Å². The summed E-state index contributed by atoms with van der Waals surface area (Å²) in [5.74, 6) is -1.79. The Kier molecular flexibility index (Phi) is 7.04. The average Bonchev–Trinajstić information content (AvgIpc) is 2.65. The summed E-state index contributed by atoms with van der Waals surface area (Å²) in [6.45, 7) is 2.22. The minimum atomic E-state index is -5.33. The first kappa shape index (κ1) is 22.9. The van der Waals surface area contributed by atoms with Gasteiger partial charge in [0.2, 0.25) is 10.0 Å². The van der Waals surface area contributed by atoms with Gasteiger partial charge in [0.25, 0.3) is 5.66 Å². The van der Waals surface area contributed by atoms with Crippen LogP contribution in [0.25, 0.3) is 0 Å². The molecule has 0 bridgehead atoms. The lowest BCUT2D eigenvalue weighted by molar-refractivity contribution is -0.217. The van der Waals surface area contributed by atoms with Crippen molar-refractivity contribution < 1.29 is 31.1 Å². The molecule has 2 rings (SSSR count). The molecule has 29 heavy (non-hydrogen) atoms. The Labute approximate surface area is 167 Å². The van der Waals surface area contributed by atoms with E-state index in [1.54, 1.807) is 25.1 Å². The van der Waals surface area contributed by atoms with Gasteiger partial charge in [-0.3, -0.25) is 5.32 Å². The fraction of sp³-hybridized carbons (Fsp3) is 0.316. The number of alkyl halides is 3. The van der Waals surface area contributed by atoms with Gasteiger partial charge >= 0.3 is 12.1 Å². The molecule has 1 atom stereocenters. The number of halogens is 3. The SMILES string of the molecule is CCOC(=O)[C@](NCc1ccccc1)(NS(=O)(=O)c1ccc(C)cc1)C(F)(F)F. The van der Waals surface area contributed by atoms with E-state index in [1.165, 1.54) is 35.9 Å². The highest BCUT2D eigenvalue weighted by Crippen LogP contribution is 2.32. The molecule has 0 aliphatic heterocycles. The molecule has 0 amide bonds. The molecule has 0 fully saturated rings. The number of nitrogens with one attached hydrogen (secondary N) is 2. The Morgan fingerprint density at radius 3 is 2.14 bits per heavy atom. The van der Waals surface area contributed by atoms with E-state index in [0.717, 1.165) is 17.7 Å². The van der Waals surface area contributed by atoms with Crippen LogP contribution in [0, 0.1) is 6.92 Å². The predicted octanol–water partition coefficient (Wildman–Crippen LogP) is 2.88. The molecule has 0 aliphatic carbocycles. The van der Waals surface area contributed by atoms with Crippen molar-refractivity contribution in [2.24, 2.45) is 0 Å². The van der Waals surface area contributed by atoms with Crippen LogP contribution in [0.2, 0.25) is 0 Å². The first-order valence-electron chi connectivity index (χ1n) is 8.65. The Morgan fingerprint density at radius 1 is 1.03 bits per heavy atom. The van der Waals surface area contributed by atoms with Crippen molar-refractivity contribution >= 4 is 16.0 Å². The number of sulfonamides is 1. The first-order chi connectivity index (χ1) is 13.5. The molecule has 0 heterocycles. The van der Waals surface area contributed by atoms with Crippen LogP contribution in [0.15, 0.2) is 59.5 Å². The standard InChI is InChI=1S/C19H21F3N2O4S/c1-3-28-17(25)18(19(20,21)22,23-13-15-7-5-4-6-8-15)24-29(26,27)16-11-9-14(2)10-12-16/h4-12,23-24H,3,13H2,1-2H3/t18-/m0/s1. The largest absolute Gasteiger partial charge is 0.463 e. The minimum absolute atomic E-state index is 0.365. The summed E-state index contributed by atoms with van der Waals surface area (Å²) in [5, 5.41) is 2.02. The van der Waals surface area contributed by atoms with Crippen LogP contribution in [-0.2, 0) is 26.1 Å². The molecule has 0 radical (unpaired) electrons. The average molecular weight is 430 g/mol. The molecule has 0 aromatic heterocycles. The molecule has 158 valence electrons. The van der Waals surface area contributed by atoms with E-state index in [1.807, 2.05) is 5.32 Å². The lowest BCUT2D eigenvalue weighted by Crippen LogP contribution is -2.72. The monoisotopic (exact) mass is 430 g/mol. The molecule has 0 saturated heterocycles. The number of carbonyl (C=O) groups excluding carboxylic acids is 1. The van der Waals surface area contributed by atoms with E-state index >= 15 is 0 Å². The third-order valence-corrected chi connectivity index (χ3v) is 5.49. The molecule has 0 unspecified atom stereocenters. The maximum Gasteiger partial charge on any atom is 0.432 e. The summed E-state index contributed by atoms with van der Waals surface area (Å²) in [7, 11) is -4.72. The lowest BCUT2D eigenvalue weighted by atomic mass is 10.1. The number of esters is 1. The molecule has 2 aromatic carbocycles. The van der Waals surface area contributed by atoms with Crippen molar-refractivity contribution in [1.82, 2.24) is 10.0 Å². The molecule has 10 heteroatoms. The van der Waals surface area contributed by atoms with Crippen LogP contribution in [0.4, 0.5) is 13.2 Å². The summed E-state index contributed by atoms with van der Waals surface area (Å²) in [6.07, 6.45) is -5.33. The summed E-state index contributed by atoms with van der Waals surface area (Å²) >= 11 is 0. The van der Waals surface area contributed by atoms with E-state index < -0.39 is 39.3 Å². The van der Waals surface area contributed by atoms with Crippen LogP contribution in [0.1, 0.15) is 18.1 Å². The smallest absolute Gasteiger partial charge is 0.432 e. The molecule has 6 nitrogen and oxygen atoms in total. The Bertz CT molecular complexity index is 932. The van der Waals surface area contributed by atoms with Crippen molar-refractivity contribution in [3.8, 4) is 0 Å². The molecule has 2 N–H and O–H groups in total. The highest BCUT2D eigenvalue weighted by molar-refractivity contribution is 7.89. The second-order valence-electron chi connectivity index (χ2n) is 6.23. The van der Waals surface area contributed by atoms with Crippen LogP contribution in [-0.4, -0.2) is 32.8 Å². The van der Waals surface area contributed by atoms with Gasteiger partial charge in [-0.15, -0.1) is 0 Å². The summed E-state index contributed by atoms with van der Waals surface area (Å²) in [5.41, 5.74) is -2.53. The molecule has 0 saturated carbocycles. The van der Waals surface area contributed by atoms with E-state index in [9.17, 15) is 26.4 Å². The zero-order valence-corrected chi connectivity index (χ0v) is 16.6. The van der Waals surface area contributed by atoms with E-state index in [2.05, 4.69) is 4.74 Å².